The molecule has 170 valence electrons. The molecule has 2 atom stereocenters. The zero-order chi connectivity index (χ0) is 24.0. The fourth-order valence-electron chi connectivity index (χ4n) is 2.63. The van der Waals surface area contributed by atoms with Crippen LogP contribution >= 0.6 is 0 Å². The highest BCUT2D eigenvalue weighted by atomic mass is 16.6. The zero-order valence-corrected chi connectivity index (χ0v) is 16.7. The number of aliphatic carboxylic acids is 2. The van der Waals surface area contributed by atoms with Crippen LogP contribution < -0.4 is 0 Å². The number of hydrogen-bond acceptors (Lipinski definition) is 9. The van der Waals surface area contributed by atoms with E-state index in [-0.39, 0.29) is 11.3 Å². The molecule has 0 aliphatic heterocycles. The van der Waals surface area contributed by atoms with Crippen molar-refractivity contribution in [3.63, 3.8) is 0 Å². The first kappa shape index (κ1) is 24.0. The molecule has 11 heteroatoms. The van der Waals surface area contributed by atoms with E-state index in [1.165, 1.54) is 24.3 Å². The highest BCUT2D eigenvalue weighted by molar-refractivity contribution is 5.88. The van der Waals surface area contributed by atoms with E-state index in [9.17, 15) is 44.7 Å². The molecule has 0 aliphatic carbocycles. The molecule has 32 heavy (non-hydrogen) atoms. The molecular formula is C21H20O11. The summed E-state index contributed by atoms with van der Waals surface area (Å²) in [6, 6.07) is 7.69. The SMILES string of the molecule is Cc1ccc(CC(=O)OC(C(=O)O)C(OC(=O)Cc2ccc(O)c(O)c2)C(=O)O)cc1O. The average molecular weight is 448 g/mol. The summed E-state index contributed by atoms with van der Waals surface area (Å²) in [6.45, 7) is 1.63. The van der Waals surface area contributed by atoms with E-state index in [4.69, 9.17) is 9.47 Å². The number of rotatable bonds is 9. The van der Waals surface area contributed by atoms with Crippen LogP contribution in [0, 0.1) is 6.92 Å². The Morgan fingerprint density at radius 3 is 1.56 bits per heavy atom. The molecule has 0 saturated carbocycles. The number of carboxylic acid groups (broad SMARTS) is 2. The summed E-state index contributed by atoms with van der Waals surface area (Å²) in [5.41, 5.74) is 0.987. The number of carboxylic acids is 2. The van der Waals surface area contributed by atoms with Crippen molar-refractivity contribution < 1.29 is 54.2 Å². The second kappa shape index (κ2) is 10.2. The lowest BCUT2D eigenvalue weighted by molar-refractivity contribution is -0.187. The lowest BCUT2D eigenvalue weighted by atomic mass is 10.1. The maximum atomic E-state index is 12.1. The van der Waals surface area contributed by atoms with Crippen LogP contribution in [0.25, 0.3) is 0 Å². The first-order valence-electron chi connectivity index (χ1n) is 9.12. The van der Waals surface area contributed by atoms with Crippen molar-refractivity contribution in [2.45, 2.75) is 32.0 Å². The molecule has 0 aliphatic rings. The maximum Gasteiger partial charge on any atom is 0.349 e. The van der Waals surface area contributed by atoms with Gasteiger partial charge in [0.15, 0.2) is 11.5 Å². The normalized spacial score (nSPS) is 12.4. The topological polar surface area (TPSA) is 188 Å². The predicted octanol–water partition coefficient (Wildman–Crippen LogP) is 0.890. The van der Waals surface area contributed by atoms with Crippen molar-refractivity contribution in [1.29, 1.82) is 0 Å². The van der Waals surface area contributed by atoms with Crippen LogP contribution in [-0.4, -0.2) is 61.6 Å². The number of phenols is 3. The van der Waals surface area contributed by atoms with Gasteiger partial charge in [-0.15, -0.1) is 0 Å². The van der Waals surface area contributed by atoms with Crippen LogP contribution in [0.1, 0.15) is 16.7 Å². The molecule has 2 unspecified atom stereocenters. The fraction of sp³-hybridized carbons (Fsp3) is 0.238. The molecule has 0 amide bonds. The summed E-state index contributed by atoms with van der Waals surface area (Å²) < 4.78 is 9.46. The summed E-state index contributed by atoms with van der Waals surface area (Å²) in [6.07, 6.45) is -5.71. The monoisotopic (exact) mass is 448 g/mol. The van der Waals surface area contributed by atoms with E-state index in [2.05, 4.69) is 0 Å². The van der Waals surface area contributed by atoms with Crippen LogP contribution in [0.2, 0.25) is 0 Å². The van der Waals surface area contributed by atoms with Crippen LogP contribution in [0.5, 0.6) is 17.2 Å². The Bertz CT molecular complexity index is 961. The molecule has 2 aromatic carbocycles. The van der Waals surface area contributed by atoms with Gasteiger partial charge in [-0.2, -0.15) is 0 Å². The van der Waals surface area contributed by atoms with Gasteiger partial charge in [-0.3, -0.25) is 9.59 Å². The van der Waals surface area contributed by atoms with Gasteiger partial charge < -0.3 is 35.0 Å². The van der Waals surface area contributed by atoms with Gasteiger partial charge in [0.2, 0.25) is 12.2 Å². The van der Waals surface area contributed by atoms with Crippen molar-refractivity contribution >= 4 is 23.9 Å². The van der Waals surface area contributed by atoms with Crippen LogP contribution in [-0.2, 0) is 41.5 Å². The first-order chi connectivity index (χ1) is 15.0. The van der Waals surface area contributed by atoms with Crippen LogP contribution in [0.4, 0.5) is 0 Å². The second-order valence-electron chi connectivity index (χ2n) is 6.79. The largest absolute Gasteiger partial charge is 0.508 e. The standard InChI is InChI=1S/C21H20O11/c1-10-2-3-11(6-14(10)23)8-16(25)31-18(20(27)28)19(21(29)30)32-17(26)9-12-4-5-13(22)15(24)7-12/h2-7,18-19,22-24H,8-9H2,1H3,(H,27,28)(H,29,30). The summed E-state index contributed by atoms with van der Waals surface area (Å²) in [7, 11) is 0. The number of carbonyl (C=O) groups excluding carboxylic acids is 2. The number of hydrogen-bond donors (Lipinski definition) is 5. The van der Waals surface area contributed by atoms with E-state index in [1.54, 1.807) is 6.92 Å². The number of carbonyl (C=O) groups is 4. The molecule has 11 nitrogen and oxygen atoms in total. The molecule has 5 N–H and O–H groups in total. The average Bonchev–Trinajstić information content (AvgIpc) is 2.70. The molecule has 2 rings (SSSR count). The Balaban J connectivity index is 2.10. The smallest absolute Gasteiger partial charge is 0.349 e. The molecule has 0 fully saturated rings. The Morgan fingerprint density at radius 2 is 1.16 bits per heavy atom. The third kappa shape index (κ3) is 6.36. The maximum absolute atomic E-state index is 12.1. The molecule has 0 aromatic heterocycles. The third-order valence-corrected chi connectivity index (χ3v) is 4.29. The Labute approximate surface area is 181 Å². The van der Waals surface area contributed by atoms with E-state index in [0.29, 0.717) is 11.1 Å². The number of phenolic OH excluding ortho intramolecular Hbond substituents is 3. The van der Waals surface area contributed by atoms with Crippen molar-refractivity contribution in [3.8, 4) is 17.2 Å². The summed E-state index contributed by atoms with van der Waals surface area (Å²) in [5.74, 6) is -7.06. The van der Waals surface area contributed by atoms with Crippen molar-refractivity contribution in [3.05, 3.63) is 53.1 Å². The minimum Gasteiger partial charge on any atom is -0.508 e. The van der Waals surface area contributed by atoms with Crippen molar-refractivity contribution in [2.24, 2.45) is 0 Å². The van der Waals surface area contributed by atoms with Crippen LogP contribution in [0.3, 0.4) is 0 Å². The van der Waals surface area contributed by atoms with E-state index in [1.807, 2.05) is 0 Å². The quantitative estimate of drug-likeness (QED) is 0.271. The first-order valence-corrected chi connectivity index (χ1v) is 9.12. The van der Waals surface area contributed by atoms with Gasteiger partial charge in [-0.1, -0.05) is 18.2 Å². The molecule has 0 radical (unpaired) electrons. The third-order valence-electron chi connectivity index (χ3n) is 4.29. The Kier molecular flexibility index (Phi) is 7.61. The van der Waals surface area contributed by atoms with E-state index in [0.717, 1.165) is 12.1 Å². The lowest BCUT2D eigenvalue weighted by Crippen LogP contribution is -2.46. The van der Waals surface area contributed by atoms with Crippen molar-refractivity contribution in [1.82, 2.24) is 0 Å². The van der Waals surface area contributed by atoms with Gasteiger partial charge in [0.25, 0.3) is 0 Å². The van der Waals surface area contributed by atoms with Gasteiger partial charge in [0.05, 0.1) is 12.8 Å². The lowest BCUT2D eigenvalue weighted by Gasteiger charge is -2.21. The molecule has 0 saturated heterocycles. The summed E-state index contributed by atoms with van der Waals surface area (Å²) >= 11 is 0. The number of ether oxygens (including phenoxy) is 2. The van der Waals surface area contributed by atoms with E-state index < -0.39 is 60.4 Å². The van der Waals surface area contributed by atoms with Gasteiger partial charge >= 0.3 is 23.9 Å². The van der Waals surface area contributed by atoms with Crippen LogP contribution in [0.15, 0.2) is 36.4 Å². The molecule has 0 bridgehead atoms. The Hall–Kier alpha value is -4.28. The summed E-state index contributed by atoms with van der Waals surface area (Å²) in [4.78, 5) is 47.3. The van der Waals surface area contributed by atoms with Gasteiger partial charge in [0, 0.05) is 0 Å². The molecular weight excluding hydrogens is 428 g/mol. The molecule has 0 spiro atoms. The number of esters is 2. The van der Waals surface area contributed by atoms with Gasteiger partial charge in [-0.25, -0.2) is 9.59 Å². The predicted molar refractivity (Wildman–Crippen MR) is 105 cm³/mol. The minimum absolute atomic E-state index is 0.0947. The highest BCUT2D eigenvalue weighted by Crippen LogP contribution is 2.25. The number of aryl methyl sites for hydroxylation is 1. The fourth-order valence-corrected chi connectivity index (χ4v) is 2.63. The minimum atomic E-state index is -2.35. The second-order valence-corrected chi connectivity index (χ2v) is 6.79. The number of benzene rings is 2. The summed E-state index contributed by atoms with van der Waals surface area (Å²) in [5, 5.41) is 47.1. The van der Waals surface area contributed by atoms with Crippen molar-refractivity contribution in [2.75, 3.05) is 0 Å². The Morgan fingerprint density at radius 1 is 0.719 bits per heavy atom. The molecule has 2 aromatic rings. The highest BCUT2D eigenvalue weighted by Gasteiger charge is 2.40. The molecule has 0 heterocycles. The number of aromatic hydroxyl groups is 3. The van der Waals surface area contributed by atoms with Gasteiger partial charge in [-0.05, 0) is 41.8 Å². The van der Waals surface area contributed by atoms with Gasteiger partial charge in [0.1, 0.15) is 5.75 Å². The van der Waals surface area contributed by atoms with E-state index >= 15 is 0 Å². The zero-order valence-electron chi connectivity index (χ0n) is 16.7.